The summed E-state index contributed by atoms with van der Waals surface area (Å²) >= 11 is 0. The van der Waals surface area contributed by atoms with Crippen molar-refractivity contribution in [3.8, 4) is 11.6 Å². The molecule has 3 rings (SSSR count). The van der Waals surface area contributed by atoms with Gasteiger partial charge in [-0.2, -0.15) is 0 Å². The van der Waals surface area contributed by atoms with Gasteiger partial charge in [-0.15, -0.1) is 10.2 Å². The third-order valence-corrected chi connectivity index (χ3v) is 4.93. The molecule has 0 aliphatic heterocycles. The summed E-state index contributed by atoms with van der Waals surface area (Å²) in [6, 6.07) is 19.0. The molecule has 0 amide bonds. The second-order valence-electron chi connectivity index (χ2n) is 5.69. The van der Waals surface area contributed by atoms with Gasteiger partial charge in [-0.1, -0.05) is 35.9 Å². The van der Waals surface area contributed by atoms with Gasteiger partial charge in [0.15, 0.2) is 5.82 Å². The molecule has 8 heteroatoms. The number of aryl methyl sites for hydroxylation is 1. The summed E-state index contributed by atoms with van der Waals surface area (Å²) in [5.74, 6) is 1.15. The lowest BCUT2D eigenvalue weighted by atomic mass is 10.2. The van der Waals surface area contributed by atoms with E-state index in [1.54, 1.807) is 18.2 Å². The van der Waals surface area contributed by atoms with Crippen molar-refractivity contribution in [2.75, 3.05) is 17.9 Å². The van der Waals surface area contributed by atoms with Gasteiger partial charge >= 0.3 is 0 Å². The molecule has 0 radical (unpaired) electrons. The van der Waals surface area contributed by atoms with Gasteiger partial charge in [0.25, 0.3) is 10.0 Å². The summed E-state index contributed by atoms with van der Waals surface area (Å²) in [5.41, 5.74) is 0.978. The Hall–Kier alpha value is -3.13. The predicted molar refractivity (Wildman–Crippen MR) is 101 cm³/mol. The first-order valence-electron chi connectivity index (χ1n) is 8.27. The van der Waals surface area contributed by atoms with Crippen molar-refractivity contribution in [3.63, 3.8) is 0 Å². The lowest BCUT2D eigenvalue weighted by Crippen LogP contribution is -2.15. The molecule has 0 aliphatic carbocycles. The number of nitrogens with one attached hydrogen (secondary N) is 1. The second kappa shape index (κ2) is 8.50. The Balaban J connectivity index is 1.51. The van der Waals surface area contributed by atoms with Crippen LogP contribution in [0.2, 0.25) is 0 Å². The van der Waals surface area contributed by atoms with Crippen LogP contribution in [0.15, 0.2) is 71.6 Å². The molecule has 2 aromatic carbocycles. The average molecular weight is 385 g/mol. The van der Waals surface area contributed by atoms with Crippen LogP contribution in [0.5, 0.6) is 11.6 Å². The Kier molecular flexibility index (Phi) is 5.87. The summed E-state index contributed by atoms with van der Waals surface area (Å²) in [5, 5.41) is 7.70. The second-order valence-corrected chi connectivity index (χ2v) is 7.37. The largest absolute Gasteiger partial charge is 0.490 e. The summed E-state index contributed by atoms with van der Waals surface area (Å²) < 4.78 is 38.0. The zero-order valence-corrected chi connectivity index (χ0v) is 15.5. The van der Waals surface area contributed by atoms with E-state index in [9.17, 15) is 8.42 Å². The van der Waals surface area contributed by atoms with Gasteiger partial charge in [0, 0.05) is 6.07 Å². The molecule has 140 valence electrons. The Morgan fingerprint density at radius 1 is 0.852 bits per heavy atom. The molecule has 0 unspecified atom stereocenters. The minimum absolute atomic E-state index is 0.114. The molecule has 1 aromatic heterocycles. The van der Waals surface area contributed by atoms with Crippen LogP contribution < -0.4 is 14.2 Å². The molecule has 1 N–H and O–H groups in total. The first-order valence-corrected chi connectivity index (χ1v) is 9.75. The van der Waals surface area contributed by atoms with Crippen molar-refractivity contribution >= 4 is 15.8 Å². The van der Waals surface area contributed by atoms with E-state index < -0.39 is 10.0 Å². The van der Waals surface area contributed by atoms with Crippen molar-refractivity contribution in [1.29, 1.82) is 0 Å². The van der Waals surface area contributed by atoms with E-state index in [1.165, 1.54) is 18.2 Å². The number of ether oxygens (including phenoxy) is 2. The highest BCUT2D eigenvalue weighted by molar-refractivity contribution is 7.92. The molecule has 0 saturated carbocycles. The van der Waals surface area contributed by atoms with Crippen LogP contribution in [0.3, 0.4) is 0 Å². The zero-order valence-electron chi connectivity index (χ0n) is 14.7. The maximum Gasteiger partial charge on any atom is 0.263 e. The molecule has 0 bridgehead atoms. The normalized spacial score (nSPS) is 11.0. The summed E-state index contributed by atoms with van der Waals surface area (Å²) in [6.07, 6.45) is 0. The minimum atomic E-state index is -3.71. The lowest BCUT2D eigenvalue weighted by Gasteiger charge is -2.09. The first kappa shape index (κ1) is 18.7. The Morgan fingerprint density at radius 2 is 1.56 bits per heavy atom. The quantitative estimate of drug-likeness (QED) is 0.600. The van der Waals surface area contributed by atoms with Gasteiger partial charge < -0.3 is 9.47 Å². The number of para-hydroxylation sites is 1. The average Bonchev–Trinajstić information content (AvgIpc) is 2.67. The van der Waals surface area contributed by atoms with Crippen LogP contribution in [0.1, 0.15) is 5.56 Å². The number of rotatable bonds is 8. The van der Waals surface area contributed by atoms with E-state index in [-0.39, 0.29) is 23.2 Å². The maximum absolute atomic E-state index is 12.3. The van der Waals surface area contributed by atoms with Crippen molar-refractivity contribution in [3.05, 3.63) is 72.3 Å². The smallest absolute Gasteiger partial charge is 0.263 e. The first-order chi connectivity index (χ1) is 13.0. The van der Waals surface area contributed by atoms with E-state index in [0.29, 0.717) is 6.61 Å². The number of nitrogens with zero attached hydrogens (tertiary/aromatic N) is 2. The van der Waals surface area contributed by atoms with Gasteiger partial charge in [-0.3, -0.25) is 4.72 Å². The molecule has 0 fully saturated rings. The molecular formula is C19H19N3O4S. The predicted octanol–water partition coefficient (Wildman–Crippen LogP) is 3.04. The molecule has 0 spiro atoms. The van der Waals surface area contributed by atoms with E-state index in [2.05, 4.69) is 14.9 Å². The fraction of sp³-hybridized carbons (Fsp3) is 0.158. The van der Waals surface area contributed by atoms with Crippen molar-refractivity contribution in [1.82, 2.24) is 10.2 Å². The number of benzene rings is 2. The highest BCUT2D eigenvalue weighted by Crippen LogP contribution is 2.16. The van der Waals surface area contributed by atoms with Crippen LogP contribution >= 0.6 is 0 Å². The third kappa shape index (κ3) is 5.42. The number of anilines is 1. The van der Waals surface area contributed by atoms with Gasteiger partial charge in [0.1, 0.15) is 19.0 Å². The zero-order chi connectivity index (χ0) is 19.1. The van der Waals surface area contributed by atoms with E-state index in [1.807, 2.05) is 37.3 Å². The standard InChI is InChI=1S/C19H19N3O4S/c1-15-7-9-17(10-8-15)27(23,24)22-18-11-12-19(21-20-18)26-14-13-25-16-5-3-2-4-6-16/h2-12H,13-14H2,1H3,(H,20,22). The van der Waals surface area contributed by atoms with Gasteiger partial charge in [-0.25, -0.2) is 8.42 Å². The summed E-state index contributed by atoms with van der Waals surface area (Å²) in [7, 11) is -3.71. The monoisotopic (exact) mass is 385 g/mol. The maximum atomic E-state index is 12.3. The van der Waals surface area contributed by atoms with Gasteiger partial charge in [0.05, 0.1) is 4.90 Å². The number of sulfonamides is 1. The van der Waals surface area contributed by atoms with E-state index in [4.69, 9.17) is 9.47 Å². The Labute approximate surface area is 158 Å². The van der Waals surface area contributed by atoms with Crippen molar-refractivity contribution in [2.45, 2.75) is 11.8 Å². The highest BCUT2D eigenvalue weighted by atomic mass is 32.2. The highest BCUT2D eigenvalue weighted by Gasteiger charge is 2.14. The summed E-state index contributed by atoms with van der Waals surface area (Å²) in [4.78, 5) is 0.160. The number of hydrogen-bond donors (Lipinski definition) is 1. The van der Waals surface area contributed by atoms with Crippen LogP contribution in [-0.4, -0.2) is 31.8 Å². The number of aromatic nitrogens is 2. The van der Waals surface area contributed by atoms with Crippen LogP contribution in [0.25, 0.3) is 0 Å². The molecule has 0 atom stereocenters. The fourth-order valence-electron chi connectivity index (χ4n) is 2.19. The summed E-state index contributed by atoms with van der Waals surface area (Å²) in [6.45, 7) is 2.53. The van der Waals surface area contributed by atoms with Crippen LogP contribution in [0.4, 0.5) is 5.82 Å². The molecule has 7 nitrogen and oxygen atoms in total. The fourth-order valence-corrected chi connectivity index (χ4v) is 3.18. The SMILES string of the molecule is Cc1ccc(S(=O)(=O)Nc2ccc(OCCOc3ccccc3)nn2)cc1. The van der Waals surface area contributed by atoms with Gasteiger partial charge in [-0.05, 0) is 37.3 Å². The third-order valence-electron chi connectivity index (χ3n) is 3.56. The Morgan fingerprint density at radius 3 is 2.22 bits per heavy atom. The van der Waals surface area contributed by atoms with E-state index >= 15 is 0 Å². The topological polar surface area (TPSA) is 90.4 Å². The minimum Gasteiger partial charge on any atom is -0.490 e. The van der Waals surface area contributed by atoms with Crippen LogP contribution in [0, 0.1) is 6.92 Å². The molecule has 1 heterocycles. The molecule has 3 aromatic rings. The van der Waals surface area contributed by atoms with Crippen molar-refractivity contribution < 1.29 is 17.9 Å². The number of hydrogen-bond acceptors (Lipinski definition) is 6. The van der Waals surface area contributed by atoms with Crippen molar-refractivity contribution in [2.24, 2.45) is 0 Å². The molecular weight excluding hydrogens is 366 g/mol. The lowest BCUT2D eigenvalue weighted by molar-refractivity contribution is 0.210. The molecule has 0 aliphatic rings. The van der Waals surface area contributed by atoms with Crippen LogP contribution in [-0.2, 0) is 10.0 Å². The Bertz CT molecular complexity index is 960. The van der Waals surface area contributed by atoms with Gasteiger partial charge in [0.2, 0.25) is 5.88 Å². The molecule has 0 saturated heterocycles. The molecule has 27 heavy (non-hydrogen) atoms. The van der Waals surface area contributed by atoms with E-state index in [0.717, 1.165) is 11.3 Å².